The van der Waals surface area contributed by atoms with Gasteiger partial charge in [-0.25, -0.2) is 18.4 Å². The van der Waals surface area contributed by atoms with Crippen molar-refractivity contribution in [2.75, 3.05) is 11.9 Å². The molecule has 8 heteroatoms. The third-order valence-corrected chi connectivity index (χ3v) is 4.87. The van der Waals surface area contributed by atoms with E-state index in [4.69, 9.17) is 9.88 Å². The number of nitrogens with two attached hydrogens (primary N) is 1. The van der Waals surface area contributed by atoms with Crippen LogP contribution in [0.5, 0.6) is 0 Å². The minimum Gasteiger partial charge on any atom is -0.455 e. The van der Waals surface area contributed by atoms with Gasteiger partial charge in [-0.3, -0.25) is 4.79 Å². The Hall–Kier alpha value is -2.97. The lowest BCUT2D eigenvalue weighted by atomic mass is 9.91. The highest BCUT2D eigenvalue weighted by Crippen LogP contribution is 2.20. The molecule has 2 rings (SSSR count). The number of ether oxygens (including phenoxy) is 1. The number of hydrogen-bond acceptors (Lipinski definition) is 6. The lowest BCUT2D eigenvalue weighted by Gasteiger charge is -2.15. The van der Waals surface area contributed by atoms with E-state index in [2.05, 4.69) is 5.32 Å². The Bertz CT molecular complexity index is 1020. The number of carbonyl (C=O) groups is 2. The fourth-order valence-electron chi connectivity index (χ4n) is 2.16. The maximum Gasteiger partial charge on any atom is 0.331 e. The van der Waals surface area contributed by atoms with Crippen molar-refractivity contribution < 1.29 is 22.7 Å². The Kier molecular flexibility index (Phi) is 6.94. The lowest BCUT2D eigenvalue weighted by molar-refractivity contribution is -0.145. The fraction of sp³-hybridized carbons (Fsp3) is 0.238. The molecule has 0 aliphatic heterocycles. The predicted octanol–water partition coefficient (Wildman–Crippen LogP) is 3.25. The Morgan fingerprint density at radius 2 is 1.72 bits per heavy atom. The van der Waals surface area contributed by atoms with Gasteiger partial charge in [-0.1, -0.05) is 39.0 Å². The quantitative estimate of drug-likeness (QED) is 0.529. The maximum atomic E-state index is 11.8. The van der Waals surface area contributed by atoms with E-state index in [9.17, 15) is 18.0 Å². The number of ketones is 1. The van der Waals surface area contributed by atoms with E-state index in [1.165, 1.54) is 18.2 Å². The van der Waals surface area contributed by atoms with Gasteiger partial charge in [0.1, 0.15) is 0 Å². The Labute approximate surface area is 170 Å². The second kappa shape index (κ2) is 9.02. The van der Waals surface area contributed by atoms with Gasteiger partial charge in [0.2, 0.25) is 10.0 Å². The molecule has 0 aliphatic carbocycles. The van der Waals surface area contributed by atoms with E-state index in [0.29, 0.717) is 5.69 Å². The molecule has 0 atom stereocenters. The molecule has 2 aromatic carbocycles. The zero-order valence-electron chi connectivity index (χ0n) is 16.5. The number of primary sulfonamides is 1. The summed E-state index contributed by atoms with van der Waals surface area (Å²) in [5, 5.41) is 8.22. The van der Waals surface area contributed by atoms with Crippen molar-refractivity contribution in [3.05, 3.63) is 60.2 Å². The molecule has 0 saturated carbocycles. The highest BCUT2D eigenvalue weighted by molar-refractivity contribution is 7.89. The SMILES string of the molecule is CC(C)(C)C(=O)COC(=O)C=Cc1ccc(Nc2cccc(S(N)(=O)=O)c2)cc1. The average molecular weight is 416 g/mol. The van der Waals surface area contributed by atoms with Crippen LogP contribution in [0.25, 0.3) is 6.08 Å². The number of benzene rings is 2. The van der Waals surface area contributed by atoms with Gasteiger partial charge in [-0.15, -0.1) is 0 Å². The molecule has 0 bridgehead atoms. The van der Waals surface area contributed by atoms with Crippen LogP contribution in [0.3, 0.4) is 0 Å². The van der Waals surface area contributed by atoms with E-state index in [1.54, 1.807) is 63.2 Å². The first-order chi connectivity index (χ1) is 13.4. The Morgan fingerprint density at radius 1 is 1.07 bits per heavy atom. The maximum absolute atomic E-state index is 11.8. The van der Waals surface area contributed by atoms with Crippen LogP contribution in [0.4, 0.5) is 11.4 Å². The van der Waals surface area contributed by atoms with Crippen molar-refractivity contribution in [1.82, 2.24) is 0 Å². The molecule has 29 heavy (non-hydrogen) atoms. The van der Waals surface area contributed by atoms with Gasteiger partial charge in [0.05, 0.1) is 4.90 Å². The van der Waals surface area contributed by atoms with Crippen LogP contribution in [-0.2, 0) is 24.3 Å². The third kappa shape index (κ3) is 7.17. The van der Waals surface area contributed by atoms with Crippen LogP contribution in [0, 0.1) is 5.41 Å². The second-order valence-corrected chi connectivity index (χ2v) is 9.00. The molecule has 0 amide bonds. The molecular formula is C21H24N2O5S. The minimum atomic E-state index is -3.77. The number of esters is 1. The normalized spacial score (nSPS) is 12.0. The zero-order valence-corrected chi connectivity index (χ0v) is 17.3. The van der Waals surface area contributed by atoms with E-state index in [-0.39, 0.29) is 17.3 Å². The molecule has 0 aromatic heterocycles. The molecule has 0 aliphatic rings. The van der Waals surface area contributed by atoms with E-state index >= 15 is 0 Å². The van der Waals surface area contributed by atoms with Gasteiger partial charge in [-0.2, -0.15) is 0 Å². The summed E-state index contributed by atoms with van der Waals surface area (Å²) < 4.78 is 27.8. The van der Waals surface area contributed by atoms with Gasteiger partial charge in [0.25, 0.3) is 0 Å². The van der Waals surface area contributed by atoms with Gasteiger partial charge >= 0.3 is 5.97 Å². The summed E-state index contributed by atoms with van der Waals surface area (Å²) in [4.78, 5) is 23.5. The molecule has 0 spiro atoms. The number of anilines is 2. The molecule has 0 heterocycles. The van der Waals surface area contributed by atoms with Crippen LogP contribution >= 0.6 is 0 Å². The lowest BCUT2D eigenvalue weighted by Crippen LogP contribution is -2.25. The number of Topliss-reactive ketones (excluding diaryl/α,β-unsaturated/α-hetero) is 1. The van der Waals surface area contributed by atoms with Gasteiger partial charge in [0.15, 0.2) is 12.4 Å². The predicted molar refractivity (Wildman–Crippen MR) is 112 cm³/mol. The van der Waals surface area contributed by atoms with E-state index in [0.717, 1.165) is 11.3 Å². The Balaban J connectivity index is 1.96. The van der Waals surface area contributed by atoms with Gasteiger partial charge < -0.3 is 10.1 Å². The van der Waals surface area contributed by atoms with Crippen molar-refractivity contribution in [1.29, 1.82) is 0 Å². The fourth-order valence-corrected chi connectivity index (χ4v) is 2.72. The van der Waals surface area contributed by atoms with Gasteiger partial charge in [-0.05, 0) is 42.0 Å². The Morgan fingerprint density at radius 3 is 2.31 bits per heavy atom. The zero-order chi connectivity index (χ0) is 21.7. The summed E-state index contributed by atoms with van der Waals surface area (Å²) >= 11 is 0. The summed E-state index contributed by atoms with van der Waals surface area (Å²) in [5.74, 6) is -0.745. The highest BCUT2D eigenvalue weighted by Gasteiger charge is 2.21. The van der Waals surface area contributed by atoms with Crippen LogP contribution in [0.2, 0.25) is 0 Å². The summed E-state index contributed by atoms with van der Waals surface area (Å²) in [6.45, 7) is 5.03. The number of carbonyl (C=O) groups excluding carboxylic acids is 2. The van der Waals surface area contributed by atoms with Crippen LogP contribution in [0.1, 0.15) is 26.3 Å². The monoisotopic (exact) mass is 416 g/mol. The third-order valence-electron chi connectivity index (χ3n) is 3.96. The largest absolute Gasteiger partial charge is 0.455 e. The van der Waals surface area contributed by atoms with Crippen LogP contribution in [0.15, 0.2) is 59.5 Å². The first-order valence-corrected chi connectivity index (χ1v) is 10.4. The van der Waals surface area contributed by atoms with Crippen molar-refractivity contribution in [2.45, 2.75) is 25.7 Å². The molecule has 0 fully saturated rings. The molecule has 0 unspecified atom stereocenters. The smallest absolute Gasteiger partial charge is 0.331 e. The number of sulfonamides is 1. The average Bonchev–Trinajstić information content (AvgIpc) is 2.64. The molecule has 7 nitrogen and oxygen atoms in total. The van der Waals surface area contributed by atoms with E-state index < -0.39 is 21.4 Å². The summed E-state index contributed by atoms with van der Waals surface area (Å²) in [6.07, 6.45) is 2.84. The molecule has 154 valence electrons. The second-order valence-electron chi connectivity index (χ2n) is 7.43. The molecule has 0 radical (unpaired) electrons. The van der Waals surface area contributed by atoms with Crippen molar-refractivity contribution in [2.24, 2.45) is 10.6 Å². The number of rotatable bonds is 7. The number of nitrogens with one attached hydrogen (secondary N) is 1. The molecule has 2 aromatic rings. The number of hydrogen-bond donors (Lipinski definition) is 2. The topological polar surface area (TPSA) is 116 Å². The summed E-state index contributed by atoms with van der Waals surface area (Å²) in [5.41, 5.74) is 1.51. The van der Waals surface area contributed by atoms with Crippen molar-refractivity contribution in [3.8, 4) is 0 Å². The van der Waals surface area contributed by atoms with Gasteiger partial charge in [0, 0.05) is 22.9 Å². The first-order valence-electron chi connectivity index (χ1n) is 8.83. The summed E-state index contributed by atoms with van der Waals surface area (Å²) in [7, 11) is -3.77. The van der Waals surface area contributed by atoms with E-state index in [1.807, 2.05) is 0 Å². The minimum absolute atomic E-state index is 0.0190. The van der Waals surface area contributed by atoms with Crippen molar-refractivity contribution >= 4 is 39.2 Å². The first kappa shape index (κ1) is 22.3. The van der Waals surface area contributed by atoms with Crippen molar-refractivity contribution in [3.63, 3.8) is 0 Å². The molecular weight excluding hydrogens is 392 g/mol. The van der Waals surface area contributed by atoms with Crippen LogP contribution < -0.4 is 10.5 Å². The van der Waals surface area contributed by atoms with Crippen LogP contribution in [-0.4, -0.2) is 26.8 Å². The molecule has 0 saturated heterocycles. The summed E-state index contributed by atoms with van der Waals surface area (Å²) in [6, 6.07) is 13.3. The standard InChI is InChI=1S/C21H24N2O5S/c1-21(2,3)19(24)14-28-20(25)12-9-15-7-10-16(11-8-15)23-17-5-4-6-18(13-17)29(22,26)27/h4-13,23H,14H2,1-3H3,(H2,22,26,27). The highest BCUT2D eigenvalue weighted by atomic mass is 32.2. The molecule has 3 N–H and O–H groups in total.